The summed E-state index contributed by atoms with van der Waals surface area (Å²) in [5.74, 6) is -4.43. The highest BCUT2D eigenvalue weighted by Gasteiger charge is 2.39. The first kappa shape index (κ1) is 54.7. The number of Topliss-reactive ketones (excluding diaryl/α,β-unsaturated/α-hetero) is 1. The van der Waals surface area contributed by atoms with Crippen LogP contribution in [0.15, 0.2) is 0 Å². The van der Waals surface area contributed by atoms with E-state index in [1.807, 2.05) is 113 Å². The summed E-state index contributed by atoms with van der Waals surface area (Å²) in [4.78, 5) is 87.1. The lowest BCUT2D eigenvalue weighted by atomic mass is 9.98. The van der Waals surface area contributed by atoms with Gasteiger partial charge in [0.2, 0.25) is 5.91 Å². The van der Waals surface area contributed by atoms with Gasteiger partial charge in [-0.1, -0.05) is 0 Å². The molecule has 0 aromatic heterocycles. The van der Waals surface area contributed by atoms with Crippen molar-refractivity contribution in [1.82, 2.24) is 20.4 Å². The fourth-order valence-corrected chi connectivity index (χ4v) is 14.6. The standard InChI is InChI=1S/C34H42I6N6O13/c1-41-28(30(54)17-21(35)18(31(55)42-6-13(50)9-47)24(38)27(23(17)37)43-16(53)12-59-5)34(58)46(4)29-25(39)19(32(56)44(2)7-14(51)10-48)22(36)20(26(29)40)33(57)45(3)8-15(52)11-49/h13-15,28,41,47-52H,6-12H2,1-5H3,(H,42,55)(H,43,53). The van der Waals surface area contributed by atoms with Crippen molar-refractivity contribution in [3.63, 3.8) is 0 Å². The molecule has 328 valence electrons. The normalized spacial score (nSPS) is 13.2. The molecule has 59 heavy (non-hydrogen) atoms. The Labute approximate surface area is 421 Å². The number of aliphatic hydroxyl groups is 6. The van der Waals surface area contributed by atoms with Crippen molar-refractivity contribution >= 4 is 182 Å². The molecule has 2 rings (SSSR count). The van der Waals surface area contributed by atoms with Crippen LogP contribution in [0.3, 0.4) is 0 Å². The monoisotopic (exact) mass is 1500 g/mol. The van der Waals surface area contributed by atoms with Gasteiger partial charge in [-0.2, -0.15) is 0 Å². The number of halogens is 6. The number of ketones is 1. The molecule has 0 saturated carbocycles. The van der Waals surface area contributed by atoms with Crippen molar-refractivity contribution in [2.75, 3.05) is 91.6 Å². The SMILES string of the molecule is CNC(C(=O)c1c(I)c(NC(=O)COC)c(I)c(C(=O)NCC(O)CO)c1I)C(=O)N(C)c1c(I)c(C(=O)N(C)CC(O)CO)c(I)c(C(=O)N(C)CC(O)CO)c1I. The van der Waals surface area contributed by atoms with Crippen molar-refractivity contribution < 1.29 is 64.1 Å². The van der Waals surface area contributed by atoms with Crippen LogP contribution in [0.25, 0.3) is 0 Å². The molecule has 0 aliphatic rings. The van der Waals surface area contributed by atoms with Crippen molar-refractivity contribution in [2.24, 2.45) is 0 Å². The molecule has 0 bridgehead atoms. The Kier molecular flexibility index (Phi) is 23.3. The fourth-order valence-electron chi connectivity index (χ4n) is 5.29. The first-order chi connectivity index (χ1) is 27.6. The van der Waals surface area contributed by atoms with E-state index in [-0.39, 0.29) is 81.3 Å². The molecular formula is C34H42I6N6O13. The van der Waals surface area contributed by atoms with Crippen LogP contribution in [0.1, 0.15) is 41.4 Å². The highest BCUT2D eigenvalue weighted by Crippen LogP contribution is 2.40. The number of hydrogen-bond donors (Lipinski definition) is 9. The lowest BCUT2D eigenvalue weighted by Crippen LogP contribution is -2.50. The lowest BCUT2D eigenvalue weighted by Gasteiger charge is -2.30. The van der Waals surface area contributed by atoms with Gasteiger partial charge < -0.3 is 66.0 Å². The number of hydrogen-bond acceptors (Lipinski definition) is 14. The van der Waals surface area contributed by atoms with Crippen LogP contribution in [0.5, 0.6) is 0 Å². The molecule has 0 aliphatic carbocycles. The van der Waals surface area contributed by atoms with Gasteiger partial charge in [0.15, 0.2) is 11.8 Å². The van der Waals surface area contributed by atoms with E-state index in [0.29, 0.717) is 0 Å². The molecule has 19 nitrogen and oxygen atoms in total. The highest BCUT2D eigenvalue weighted by molar-refractivity contribution is 14.1. The number of methoxy groups -OCH3 is 1. The summed E-state index contributed by atoms with van der Waals surface area (Å²) in [7, 11) is 6.74. The minimum absolute atomic E-state index is 0.0409. The summed E-state index contributed by atoms with van der Waals surface area (Å²) in [6.07, 6.45) is -3.87. The zero-order valence-corrected chi connectivity index (χ0v) is 44.9. The minimum atomic E-state index is -1.68. The number of amides is 5. The number of nitrogens with zero attached hydrogens (tertiary/aromatic N) is 3. The maximum Gasteiger partial charge on any atom is 0.255 e. The number of carbonyl (C=O) groups is 6. The van der Waals surface area contributed by atoms with E-state index in [1.54, 1.807) is 22.6 Å². The van der Waals surface area contributed by atoms with Crippen LogP contribution < -0.4 is 20.9 Å². The van der Waals surface area contributed by atoms with Gasteiger partial charge in [0.25, 0.3) is 23.6 Å². The Balaban J connectivity index is 2.93. The van der Waals surface area contributed by atoms with Gasteiger partial charge in [0, 0.05) is 64.2 Å². The quantitative estimate of drug-likeness (QED) is 0.0490. The first-order valence-electron chi connectivity index (χ1n) is 16.9. The predicted molar refractivity (Wildman–Crippen MR) is 266 cm³/mol. The topological polar surface area (TPSA) is 279 Å². The summed E-state index contributed by atoms with van der Waals surface area (Å²) < 4.78 is 5.97. The number of rotatable bonds is 20. The van der Waals surface area contributed by atoms with E-state index in [0.717, 1.165) is 14.7 Å². The number of aliphatic hydroxyl groups excluding tert-OH is 6. The lowest BCUT2D eigenvalue weighted by molar-refractivity contribution is -0.120. The smallest absolute Gasteiger partial charge is 0.255 e. The van der Waals surface area contributed by atoms with Crippen LogP contribution in [0, 0.1) is 21.4 Å². The van der Waals surface area contributed by atoms with Crippen molar-refractivity contribution in [1.29, 1.82) is 0 Å². The van der Waals surface area contributed by atoms with Crippen molar-refractivity contribution in [3.05, 3.63) is 43.7 Å². The van der Waals surface area contributed by atoms with Crippen molar-refractivity contribution in [2.45, 2.75) is 24.4 Å². The Bertz CT molecular complexity index is 1890. The third-order valence-corrected chi connectivity index (χ3v) is 14.7. The number of nitrogens with one attached hydrogen (secondary N) is 3. The maximum absolute atomic E-state index is 14.7. The van der Waals surface area contributed by atoms with Crippen LogP contribution in [-0.4, -0.2) is 181 Å². The van der Waals surface area contributed by atoms with Crippen molar-refractivity contribution in [3.8, 4) is 0 Å². The number of likely N-dealkylation sites (N-methyl/N-ethyl adjacent to an activating group) is 4. The Hall–Kier alpha value is -0.480. The van der Waals surface area contributed by atoms with Gasteiger partial charge in [0.1, 0.15) is 6.61 Å². The average Bonchev–Trinajstić information content (AvgIpc) is 3.18. The zero-order chi connectivity index (χ0) is 45.2. The first-order valence-corrected chi connectivity index (χ1v) is 23.4. The molecule has 0 spiro atoms. The molecule has 0 fully saturated rings. The summed E-state index contributed by atoms with van der Waals surface area (Å²) in [6.45, 7) is -3.21. The van der Waals surface area contributed by atoms with Crippen LogP contribution in [-0.2, 0) is 14.3 Å². The molecule has 0 heterocycles. The summed E-state index contributed by atoms with van der Waals surface area (Å²) in [5, 5.41) is 66.1. The second-order valence-electron chi connectivity index (χ2n) is 12.7. The number of ether oxygens (including phenoxy) is 1. The minimum Gasteiger partial charge on any atom is -0.394 e. The molecule has 5 amide bonds. The van der Waals surface area contributed by atoms with Gasteiger partial charge in [-0.15, -0.1) is 0 Å². The third-order valence-electron chi connectivity index (χ3n) is 8.31. The van der Waals surface area contributed by atoms with E-state index in [2.05, 4.69) is 16.0 Å². The summed E-state index contributed by atoms with van der Waals surface area (Å²) in [6, 6.07) is -1.68. The number of carbonyl (C=O) groups excluding carboxylic acids is 6. The molecule has 9 N–H and O–H groups in total. The van der Waals surface area contributed by atoms with Crippen LogP contribution >= 0.6 is 136 Å². The molecule has 2 aromatic carbocycles. The summed E-state index contributed by atoms with van der Waals surface area (Å²) >= 11 is 10.9. The largest absolute Gasteiger partial charge is 0.394 e. The van der Waals surface area contributed by atoms with Gasteiger partial charge in [-0.05, 0) is 143 Å². The van der Waals surface area contributed by atoms with Gasteiger partial charge in [-0.3, -0.25) is 28.8 Å². The van der Waals surface area contributed by atoms with Crippen LogP contribution in [0.2, 0.25) is 0 Å². The second-order valence-corrected chi connectivity index (χ2v) is 19.1. The summed E-state index contributed by atoms with van der Waals surface area (Å²) in [5.41, 5.74) is -0.158. The van der Waals surface area contributed by atoms with E-state index in [1.165, 1.54) is 35.3 Å². The molecule has 0 aliphatic heterocycles. The molecule has 0 radical (unpaired) electrons. The van der Waals surface area contributed by atoms with Gasteiger partial charge in [-0.25, -0.2) is 0 Å². The van der Waals surface area contributed by atoms with E-state index >= 15 is 0 Å². The number of benzene rings is 2. The average molecular weight is 1500 g/mol. The Morgan fingerprint density at radius 1 is 0.661 bits per heavy atom. The Morgan fingerprint density at radius 2 is 1.10 bits per heavy atom. The molecule has 4 atom stereocenters. The second kappa shape index (κ2) is 25.1. The van der Waals surface area contributed by atoms with E-state index < -0.39 is 79.5 Å². The molecule has 2 aromatic rings. The van der Waals surface area contributed by atoms with Gasteiger partial charge >= 0.3 is 0 Å². The predicted octanol–water partition coefficient (Wildman–Crippen LogP) is 0.266. The molecule has 4 unspecified atom stereocenters. The zero-order valence-electron chi connectivity index (χ0n) is 31.9. The highest BCUT2D eigenvalue weighted by atomic mass is 127. The fraction of sp³-hybridized carbons (Fsp3) is 0.471. The molecule has 25 heteroatoms. The molecular weight excluding hydrogens is 1460 g/mol. The van der Waals surface area contributed by atoms with Gasteiger partial charge in [0.05, 0.1) is 76.9 Å². The number of anilines is 2. The Morgan fingerprint density at radius 3 is 1.53 bits per heavy atom. The van der Waals surface area contributed by atoms with E-state index in [4.69, 9.17) is 4.74 Å². The van der Waals surface area contributed by atoms with Crippen LogP contribution in [0.4, 0.5) is 11.4 Å². The molecule has 0 saturated heterocycles. The van der Waals surface area contributed by atoms with E-state index in [9.17, 15) is 59.4 Å². The third kappa shape index (κ3) is 13.3. The maximum atomic E-state index is 14.7.